The molecule has 2 aliphatic rings. The zero-order valence-electron chi connectivity index (χ0n) is 23.8. The van der Waals surface area contributed by atoms with Gasteiger partial charge >= 0.3 is 0 Å². The van der Waals surface area contributed by atoms with Crippen LogP contribution in [-0.4, -0.2) is 59.3 Å². The van der Waals surface area contributed by atoms with Gasteiger partial charge in [-0.25, -0.2) is 8.42 Å². The largest absolute Gasteiger partial charge is 0.497 e. The zero-order valence-corrected chi connectivity index (χ0v) is 24.6. The van der Waals surface area contributed by atoms with Crippen molar-refractivity contribution in [1.29, 1.82) is 0 Å². The lowest BCUT2D eigenvalue weighted by molar-refractivity contribution is -0.133. The van der Waals surface area contributed by atoms with Crippen LogP contribution in [0.3, 0.4) is 0 Å². The van der Waals surface area contributed by atoms with Gasteiger partial charge in [0.15, 0.2) is 0 Å². The average Bonchev–Trinajstić information content (AvgIpc) is 3.37. The molecular formula is C31H40N4O4S. The van der Waals surface area contributed by atoms with Gasteiger partial charge in [0.2, 0.25) is 15.9 Å². The van der Waals surface area contributed by atoms with Crippen molar-refractivity contribution in [3.8, 4) is 5.75 Å². The second-order valence-corrected chi connectivity index (χ2v) is 12.9. The molecular weight excluding hydrogens is 524 g/mol. The molecule has 1 amide bonds. The number of rotatable bonds is 9. The molecule has 0 saturated carbocycles. The van der Waals surface area contributed by atoms with Crippen LogP contribution in [0, 0.1) is 13.8 Å². The van der Waals surface area contributed by atoms with Crippen molar-refractivity contribution >= 4 is 15.9 Å². The van der Waals surface area contributed by atoms with E-state index in [-0.39, 0.29) is 11.9 Å². The number of carbonyl (C=O) groups is 1. The lowest BCUT2D eigenvalue weighted by Crippen LogP contribution is -2.45. The molecule has 1 fully saturated rings. The van der Waals surface area contributed by atoms with Gasteiger partial charge in [-0.3, -0.25) is 9.78 Å². The number of amides is 1. The van der Waals surface area contributed by atoms with Gasteiger partial charge in [0.25, 0.3) is 0 Å². The van der Waals surface area contributed by atoms with Crippen LogP contribution in [0.5, 0.6) is 5.75 Å². The maximum Gasteiger partial charge on any atom is 0.243 e. The third-order valence-corrected chi connectivity index (χ3v) is 10.6. The van der Waals surface area contributed by atoms with Crippen molar-refractivity contribution < 1.29 is 17.9 Å². The summed E-state index contributed by atoms with van der Waals surface area (Å²) in [6, 6.07) is 11.8. The van der Waals surface area contributed by atoms with Crippen LogP contribution in [0.25, 0.3) is 0 Å². The summed E-state index contributed by atoms with van der Waals surface area (Å²) in [5.41, 5.74) is 5.05. The fourth-order valence-corrected chi connectivity index (χ4v) is 8.45. The van der Waals surface area contributed by atoms with Gasteiger partial charge in [0, 0.05) is 55.9 Å². The molecule has 4 heterocycles. The summed E-state index contributed by atoms with van der Waals surface area (Å²) >= 11 is 0. The maximum absolute atomic E-state index is 13.9. The first-order chi connectivity index (χ1) is 19.3. The normalized spacial score (nSPS) is 18.0. The van der Waals surface area contributed by atoms with Gasteiger partial charge in [-0.1, -0.05) is 12.5 Å². The second-order valence-electron chi connectivity index (χ2n) is 11.0. The number of methoxy groups -OCH3 is 1. The number of aryl methyl sites for hydroxylation is 4. The Morgan fingerprint density at radius 3 is 2.58 bits per heavy atom. The number of nitrogens with zero attached hydrogens (tertiary/aromatic N) is 4. The number of piperidine rings is 1. The van der Waals surface area contributed by atoms with E-state index in [1.165, 1.54) is 11.3 Å². The van der Waals surface area contributed by atoms with E-state index in [1.54, 1.807) is 29.7 Å². The van der Waals surface area contributed by atoms with Crippen LogP contribution >= 0.6 is 0 Å². The molecule has 0 radical (unpaired) electrons. The van der Waals surface area contributed by atoms with Gasteiger partial charge in [0.05, 0.1) is 18.6 Å². The molecule has 0 bridgehead atoms. The van der Waals surface area contributed by atoms with E-state index in [9.17, 15) is 13.2 Å². The lowest BCUT2D eigenvalue weighted by Gasteiger charge is -2.36. The number of hydrogen-bond donors (Lipinski definition) is 0. The number of ether oxygens (including phenoxy) is 1. The molecule has 8 nitrogen and oxygen atoms in total. The minimum Gasteiger partial charge on any atom is -0.497 e. The van der Waals surface area contributed by atoms with E-state index >= 15 is 0 Å². The van der Waals surface area contributed by atoms with Crippen molar-refractivity contribution in [2.75, 3.05) is 20.2 Å². The zero-order chi connectivity index (χ0) is 28.3. The van der Waals surface area contributed by atoms with Crippen molar-refractivity contribution in [1.82, 2.24) is 18.8 Å². The van der Waals surface area contributed by atoms with Crippen LogP contribution in [0.4, 0.5) is 0 Å². The van der Waals surface area contributed by atoms with Gasteiger partial charge in [0.1, 0.15) is 5.75 Å². The molecule has 0 aliphatic carbocycles. The summed E-state index contributed by atoms with van der Waals surface area (Å²) in [4.78, 5) is 19.8. The Bertz CT molecular complexity index is 1430. The Morgan fingerprint density at radius 2 is 1.85 bits per heavy atom. The second kappa shape index (κ2) is 12.1. The molecule has 40 heavy (non-hydrogen) atoms. The third kappa shape index (κ3) is 5.95. The molecule has 0 N–H and O–H groups in total. The Balaban J connectivity index is 1.21. The Kier molecular flexibility index (Phi) is 8.61. The molecule has 5 rings (SSSR count). The number of hydrogen-bond acceptors (Lipinski definition) is 5. The number of benzene rings is 1. The highest BCUT2D eigenvalue weighted by Gasteiger charge is 2.36. The predicted molar refractivity (Wildman–Crippen MR) is 155 cm³/mol. The first-order valence-corrected chi connectivity index (χ1v) is 15.7. The third-order valence-electron chi connectivity index (χ3n) is 8.35. The van der Waals surface area contributed by atoms with Crippen LogP contribution in [0.15, 0.2) is 53.7 Å². The minimum absolute atomic E-state index is 0.101. The van der Waals surface area contributed by atoms with E-state index in [4.69, 9.17) is 4.74 Å². The fourth-order valence-electron chi connectivity index (χ4n) is 6.31. The SMILES string of the molecule is COc1cc(C)c(S(=O)(=O)N2CCCCC2CCC(=O)N2CCn3c(CCc4cccnc4)ccc3C2)c(C)c1. The van der Waals surface area contributed by atoms with E-state index in [0.29, 0.717) is 54.2 Å². The van der Waals surface area contributed by atoms with Gasteiger partial charge in [-0.2, -0.15) is 4.31 Å². The smallest absolute Gasteiger partial charge is 0.243 e. The van der Waals surface area contributed by atoms with E-state index in [2.05, 4.69) is 27.8 Å². The van der Waals surface area contributed by atoms with Crippen LogP contribution in [0.1, 0.15) is 60.2 Å². The van der Waals surface area contributed by atoms with Crippen molar-refractivity contribution in [3.05, 3.63) is 76.9 Å². The molecule has 2 aliphatic heterocycles. The summed E-state index contributed by atoms with van der Waals surface area (Å²) in [7, 11) is -2.10. The number of pyridine rings is 1. The van der Waals surface area contributed by atoms with E-state index < -0.39 is 10.0 Å². The van der Waals surface area contributed by atoms with Crippen LogP contribution in [-0.2, 0) is 40.7 Å². The highest BCUT2D eigenvalue weighted by Crippen LogP contribution is 2.33. The topological polar surface area (TPSA) is 84.7 Å². The van der Waals surface area contributed by atoms with Crippen molar-refractivity contribution in [2.24, 2.45) is 0 Å². The molecule has 9 heteroatoms. The monoisotopic (exact) mass is 564 g/mol. The highest BCUT2D eigenvalue weighted by atomic mass is 32.2. The fraction of sp³-hybridized carbons (Fsp3) is 0.484. The molecule has 1 unspecified atom stereocenters. The standard InChI is InChI=1S/C31H40N4O4S/c1-23-19-29(39-3)20-24(2)31(23)40(37,38)35-16-5-4-8-27(35)13-14-30(36)33-17-18-34-26(11-12-28(34)22-33)10-9-25-7-6-15-32-21-25/h6-7,11-12,15,19-21,27H,4-5,8-10,13-14,16-18,22H2,1-3H3. The summed E-state index contributed by atoms with van der Waals surface area (Å²) in [6.07, 6.45) is 9.08. The van der Waals surface area contributed by atoms with Crippen LogP contribution in [0.2, 0.25) is 0 Å². The van der Waals surface area contributed by atoms with Crippen molar-refractivity contribution in [2.45, 2.75) is 82.8 Å². The molecule has 3 aromatic rings. The number of fused-ring (bicyclic) bond motifs is 1. The number of carbonyl (C=O) groups excluding carboxylic acids is 1. The molecule has 2 aromatic heterocycles. The van der Waals surface area contributed by atoms with Gasteiger partial charge in [-0.05, 0) is 93.0 Å². The Labute approximate surface area is 238 Å². The highest BCUT2D eigenvalue weighted by molar-refractivity contribution is 7.89. The van der Waals surface area contributed by atoms with E-state index in [0.717, 1.165) is 44.3 Å². The molecule has 1 atom stereocenters. The van der Waals surface area contributed by atoms with Crippen LogP contribution < -0.4 is 4.74 Å². The summed E-state index contributed by atoms with van der Waals surface area (Å²) < 4.78 is 37.0. The Morgan fingerprint density at radius 1 is 1.05 bits per heavy atom. The molecule has 214 valence electrons. The maximum atomic E-state index is 13.9. The molecule has 1 aromatic carbocycles. The lowest BCUT2D eigenvalue weighted by atomic mass is 10.00. The summed E-state index contributed by atoms with van der Waals surface area (Å²) in [6.45, 7) is 6.20. The first-order valence-electron chi connectivity index (χ1n) is 14.3. The first kappa shape index (κ1) is 28.4. The van der Waals surface area contributed by atoms with Crippen molar-refractivity contribution in [3.63, 3.8) is 0 Å². The molecule has 0 spiro atoms. The average molecular weight is 565 g/mol. The quantitative estimate of drug-likeness (QED) is 0.378. The summed E-state index contributed by atoms with van der Waals surface area (Å²) in [5.74, 6) is 0.757. The number of sulfonamides is 1. The Hall–Kier alpha value is -3.17. The number of aromatic nitrogens is 2. The van der Waals surface area contributed by atoms with E-state index in [1.807, 2.05) is 31.0 Å². The van der Waals surface area contributed by atoms with Gasteiger partial charge in [-0.15, -0.1) is 0 Å². The minimum atomic E-state index is -3.69. The molecule has 1 saturated heterocycles. The van der Waals surface area contributed by atoms with Gasteiger partial charge < -0.3 is 14.2 Å². The predicted octanol–water partition coefficient (Wildman–Crippen LogP) is 4.66. The summed E-state index contributed by atoms with van der Waals surface area (Å²) in [5, 5.41) is 0.